The van der Waals surface area contributed by atoms with Gasteiger partial charge >= 0.3 is 6.03 Å². The maximum absolute atomic E-state index is 12.6. The van der Waals surface area contributed by atoms with Crippen molar-refractivity contribution in [3.63, 3.8) is 0 Å². The van der Waals surface area contributed by atoms with Crippen LogP contribution in [0.3, 0.4) is 0 Å². The van der Waals surface area contributed by atoms with E-state index in [1.807, 2.05) is 0 Å². The van der Waals surface area contributed by atoms with Crippen LogP contribution in [0.15, 0.2) is 17.5 Å². The van der Waals surface area contributed by atoms with Gasteiger partial charge in [-0.15, -0.1) is 11.3 Å². The van der Waals surface area contributed by atoms with Crippen molar-refractivity contribution in [1.29, 1.82) is 0 Å². The first kappa shape index (κ1) is 17.7. The van der Waals surface area contributed by atoms with Gasteiger partial charge in [0.05, 0.1) is 6.04 Å². The van der Waals surface area contributed by atoms with Gasteiger partial charge in [-0.1, -0.05) is 26.3 Å². The summed E-state index contributed by atoms with van der Waals surface area (Å²) in [5, 5.41) is 8.57. The molecule has 1 aromatic heterocycles. The van der Waals surface area contributed by atoms with Gasteiger partial charge in [0.25, 0.3) is 0 Å². The Morgan fingerprint density at radius 3 is 2.62 bits per heavy atom. The first-order valence-corrected chi connectivity index (χ1v) is 10.2. The second-order valence-electron chi connectivity index (χ2n) is 7.89. The zero-order chi connectivity index (χ0) is 17.1. The van der Waals surface area contributed by atoms with E-state index in [1.54, 1.807) is 11.3 Å². The number of carbonyl (C=O) groups excluding carboxylic acids is 1. The van der Waals surface area contributed by atoms with Crippen LogP contribution in [0.2, 0.25) is 0 Å². The van der Waals surface area contributed by atoms with Crippen LogP contribution in [0.1, 0.15) is 63.3 Å². The van der Waals surface area contributed by atoms with Gasteiger partial charge < -0.3 is 15.5 Å². The molecule has 2 fully saturated rings. The SMILES string of the molecule is CC(C)C[C@H](NC(=O)NC1C[C@H]2CCC[C@@H](C1)N2C)c1cccs1. The average molecular weight is 350 g/mol. The van der Waals surface area contributed by atoms with E-state index in [1.165, 1.54) is 24.1 Å². The van der Waals surface area contributed by atoms with Crippen molar-refractivity contribution in [2.75, 3.05) is 7.05 Å². The van der Waals surface area contributed by atoms with Crippen molar-refractivity contribution < 1.29 is 4.79 Å². The molecule has 3 rings (SSSR count). The number of carbonyl (C=O) groups is 1. The van der Waals surface area contributed by atoms with Gasteiger partial charge in [0, 0.05) is 23.0 Å². The van der Waals surface area contributed by atoms with Crippen molar-refractivity contribution >= 4 is 17.4 Å². The average Bonchev–Trinajstić information content (AvgIpc) is 3.01. The van der Waals surface area contributed by atoms with Crippen LogP contribution in [0, 0.1) is 5.92 Å². The van der Waals surface area contributed by atoms with Crippen molar-refractivity contribution in [3.05, 3.63) is 22.4 Å². The quantitative estimate of drug-likeness (QED) is 0.839. The van der Waals surface area contributed by atoms with Crippen molar-refractivity contribution in [1.82, 2.24) is 15.5 Å². The largest absolute Gasteiger partial charge is 0.335 e. The highest BCUT2D eigenvalue weighted by Gasteiger charge is 2.36. The number of rotatable bonds is 5. The summed E-state index contributed by atoms with van der Waals surface area (Å²) in [4.78, 5) is 16.4. The molecule has 5 heteroatoms. The third-order valence-electron chi connectivity index (χ3n) is 5.57. The number of urea groups is 1. The molecular formula is C19H31N3OS. The molecule has 134 valence electrons. The lowest BCUT2D eigenvalue weighted by Crippen LogP contribution is -2.56. The van der Waals surface area contributed by atoms with E-state index < -0.39 is 0 Å². The lowest BCUT2D eigenvalue weighted by molar-refractivity contribution is 0.0508. The van der Waals surface area contributed by atoms with E-state index in [4.69, 9.17) is 0 Å². The molecule has 0 saturated carbocycles. The Kier molecular flexibility index (Phi) is 5.82. The van der Waals surface area contributed by atoms with Crippen LogP contribution in [0.4, 0.5) is 4.79 Å². The van der Waals surface area contributed by atoms with Crippen LogP contribution in [0.5, 0.6) is 0 Å². The molecule has 2 amide bonds. The van der Waals surface area contributed by atoms with Crippen LogP contribution in [0.25, 0.3) is 0 Å². The van der Waals surface area contributed by atoms with Crippen LogP contribution < -0.4 is 10.6 Å². The zero-order valence-electron chi connectivity index (χ0n) is 15.1. The fourth-order valence-corrected chi connectivity index (χ4v) is 5.12. The summed E-state index contributed by atoms with van der Waals surface area (Å²) in [5.41, 5.74) is 0. The number of nitrogens with one attached hydrogen (secondary N) is 2. The van der Waals surface area contributed by atoms with Gasteiger partial charge in [-0.2, -0.15) is 0 Å². The Morgan fingerprint density at radius 2 is 2.04 bits per heavy atom. The van der Waals surface area contributed by atoms with Gasteiger partial charge in [-0.25, -0.2) is 4.79 Å². The van der Waals surface area contributed by atoms with Gasteiger partial charge in [0.2, 0.25) is 0 Å². The van der Waals surface area contributed by atoms with E-state index in [9.17, 15) is 4.79 Å². The third kappa shape index (κ3) is 4.31. The molecule has 0 aliphatic carbocycles. The van der Waals surface area contributed by atoms with Gasteiger partial charge in [-0.05, 0) is 56.5 Å². The molecule has 0 aromatic carbocycles. The minimum absolute atomic E-state index is 0.00155. The Morgan fingerprint density at radius 1 is 1.33 bits per heavy atom. The molecular weight excluding hydrogens is 318 g/mol. The molecule has 4 atom stereocenters. The smallest absolute Gasteiger partial charge is 0.315 e. The van der Waals surface area contributed by atoms with Gasteiger partial charge in [0.1, 0.15) is 0 Å². The summed E-state index contributed by atoms with van der Waals surface area (Å²) in [6.45, 7) is 4.41. The Labute approximate surface area is 150 Å². The first-order valence-electron chi connectivity index (χ1n) is 9.35. The molecule has 0 radical (unpaired) electrons. The maximum atomic E-state index is 12.6. The number of nitrogens with zero attached hydrogens (tertiary/aromatic N) is 1. The predicted molar refractivity (Wildman–Crippen MR) is 100 cm³/mol. The fraction of sp³-hybridized carbons (Fsp3) is 0.737. The number of piperidine rings is 2. The normalized spacial score (nSPS) is 28.6. The van der Waals surface area contributed by atoms with Gasteiger partial charge in [0.15, 0.2) is 0 Å². The summed E-state index contributed by atoms with van der Waals surface area (Å²) >= 11 is 1.73. The van der Waals surface area contributed by atoms with E-state index in [0.29, 0.717) is 24.0 Å². The lowest BCUT2D eigenvalue weighted by atomic mass is 9.82. The molecule has 2 aliphatic heterocycles. The number of thiophene rings is 1. The zero-order valence-corrected chi connectivity index (χ0v) is 15.9. The Balaban J connectivity index is 1.56. The van der Waals surface area contributed by atoms with Crippen LogP contribution in [-0.4, -0.2) is 36.1 Å². The standard InChI is InChI=1S/C19H31N3OS/c1-13(2)10-17(18-8-5-9-24-18)21-19(23)20-14-11-15-6-4-7-16(12-14)22(15)3/h5,8-9,13-17H,4,6-7,10-12H2,1-3H3,(H2,20,21,23)/t14?,15-,16+,17-/m0/s1. The molecule has 2 aliphatic rings. The van der Waals surface area contributed by atoms with Gasteiger partial charge in [-0.3, -0.25) is 0 Å². The Bertz CT molecular complexity index is 517. The molecule has 24 heavy (non-hydrogen) atoms. The molecule has 3 heterocycles. The highest BCUT2D eigenvalue weighted by Crippen LogP contribution is 2.32. The fourth-order valence-electron chi connectivity index (χ4n) is 4.33. The molecule has 0 spiro atoms. The predicted octanol–water partition coefficient (Wildman–Crippen LogP) is 4.15. The number of hydrogen-bond donors (Lipinski definition) is 2. The molecule has 2 saturated heterocycles. The minimum atomic E-state index is 0.00155. The molecule has 2 bridgehead atoms. The van der Waals surface area contributed by atoms with E-state index >= 15 is 0 Å². The van der Waals surface area contributed by atoms with E-state index in [2.05, 4.69) is 53.9 Å². The number of amides is 2. The second kappa shape index (κ2) is 7.87. The monoisotopic (exact) mass is 349 g/mol. The van der Waals surface area contributed by atoms with Crippen molar-refractivity contribution in [2.45, 2.75) is 76.5 Å². The highest BCUT2D eigenvalue weighted by molar-refractivity contribution is 7.10. The highest BCUT2D eigenvalue weighted by atomic mass is 32.1. The summed E-state index contributed by atoms with van der Waals surface area (Å²) in [6.07, 6.45) is 7.05. The first-order chi connectivity index (χ1) is 11.5. The number of fused-ring (bicyclic) bond motifs is 2. The van der Waals surface area contributed by atoms with E-state index in [0.717, 1.165) is 19.3 Å². The third-order valence-corrected chi connectivity index (χ3v) is 6.56. The summed E-state index contributed by atoms with van der Waals surface area (Å²) < 4.78 is 0. The van der Waals surface area contributed by atoms with Crippen LogP contribution >= 0.6 is 11.3 Å². The summed E-state index contributed by atoms with van der Waals surface area (Å²) in [7, 11) is 2.25. The molecule has 4 nitrogen and oxygen atoms in total. The molecule has 1 unspecified atom stereocenters. The number of hydrogen-bond acceptors (Lipinski definition) is 3. The molecule has 1 aromatic rings. The van der Waals surface area contributed by atoms with Crippen molar-refractivity contribution in [2.24, 2.45) is 5.92 Å². The lowest BCUT2D eigenvalue weighted by Gasteiger charge is -2.47. The topological polar surface area (TPSA) is 44.4 Å². The van der Waals surface area contributed by atoms with E-state index in [-0.39, 0.29) is 12.1 Å². The Hall–Kier alpha value is -1.07. The summed E-state index contributed by atoms with van der Waals surface area (Å²) in [6, 6.07) is 5.92. The van der Waals surface area contributed by atoms with Crippen LogP contribution in [-0.2, 0) is 0 Å². The maximum Gasteiger partial charge on any atom is 0.315 e. The van der Waals surface area contributed by atoms with Crippen molar-refractivity contribution in [3.8, 4) is 0 Å². The second-order valence-corrected chi connectivity index (χ2v) is 8.87. The minimum Gasteiger partial charge on any atom is -0.335 e. The molecule has 2 N–H and O–H groups in total. The summed E-state index contributed by atoms with van der Waals surface area (Å²) in [5.74, 6) is 0.556.